The number of anilines is 1. The van der Waals surface area contributed by atoms with Crippen LogP contribution in [0.2, 0.25) is 0 Å². The molecule has 35 heavy (non-hydrogen) atoms. The molecule has 1 aromatic carbocycles. The third-order valence-corrected chi connectivity index (χ3v) is 7.13. The van der Waals surface area contributed by atoms with Gasteiger partial charge in [0, 0.05) is 11.4 Å². The van der Waals surface area contributed by atoms with Crippen LogP contribution >= 0.6 is 23.1 Å². The molecule has 0 bridgehead atoms. The fraction of sp³-hybridized carbons (Fsp3) is 0.360. The molecular formula is C25H30N4O4S2. The number of allylic oxidation sites excluding steroid dienone is 1. The second-order valence-corrected chi connectivity index (χ2v) is 9.76. The number of amides is 1. The van der Waals surface area contributed by atoms with Gasteiger partial charge < -0.3 is 14.8 Å². The number of thiophene rings is 1. The number of hydrogen-bond donors (Lipinski definition) is 1. The summed E-state index contributed by atoms with van der Waals surface area (Å²) in [6.45, 7) is 12.2. The van der Waals surface area contributed by atoms with Crippen molar-refractivity contribution in [2.24, 2.45) is 0 Å². The van der Waals surface area contributed by atoms with Gasteiger partial charge in [0.15, 0.2) is 17.1 Å². The molecule has 3 aromatic rings. The SMILES string of the molecule is C=CCn1c(SCC(=O)Nc2sc(CC)cc2C(=O)OCC)nnc1C(C)Oc1ccc(C)cc1. The van der Waals surface area contributed by atoms with Gasteiger partial charge in [-0.05, 0) is 45.4 Å². The number of thioether (sulfide) groups is 1. The highest BCUT2D eigenvalue weighted by molar-refractivity contribution is 7.99. The molecule has 0 radical (unpaired) electrons. The standard InChI is InChI=1S/C25H30N4O4S2/c1-6-13-29-22(17(5)33-18-11-9-16(4)10-12-18)27-28-25(29)34-15-21(30)26-23-20(24(31)32-8-3)14-19(7-2)35-23/h6,9-12,14,17H,1,7-8,13,15H2,2-5H3,(H,26,30). The Labute approximate surface area is 213 Å². The van der Waals surface area contributed by atoms with Gasteiger partial charge in [0.1, 0.15) is 10.8 Å². The largest absolute Gasteiger partial charge is 0.483 e. The van der Waals surface area contributed by atoms with E-state index in [2.05, 4.69) is 22.1 Å². The lowest BCUT2D eigenvalue weighted by Crippen LogP contribution is -2.17. The molecule has 0 aliphatic carbocycles. The van der Waals surface area contributed by atoms with Crippen LogP contribution in [-0.4, -0.2) is 39.0 Å². The first-order valence-corrected chi connectivity index (χ1v) is 13.2. The fourth-order valence-corrected chi connectivity index (χ4v) is 5.00. The normalized spacial score (nSPS) is 11.7. The summed E-state index contributed by atoms with van der Waals surface area (Å²) >= 11 is 2.64. The number of benzene rings is 1. The third-order valence-electron chi connectivity index (χ3n) is 4.97. The van der Waals surface area contributed by atoms with Crippen molar-refractivity contribution in [3.8, 4) is 5.75 Å². The number of esters is 1. The van der Waals surface area contributed by atoms with Crippen molar-refractivity contribution >= 4 is 40.0 Å². The molecule has 2 aromatic heterocycles. The van der Waals surface area contributed by atoms with E-state index in [1.165, 1.54) is 23.1 Å². The molecule has 8 nitrogen and oxygen atoms in total. The zero-order valence-electron chi connectivity index (χ0n) is 20.4. The van der Waals surface area contributed by atoms with Crippen LogP contribution in [0.4, 0.5) is 5.00 Å². The molecule has 186 valence electrons. The molecule has 1 atom stereocenters. The highest BCUT2D eigenvalue weighted by atomic mass is 32.2. The van der Waals surface area contributed by atoms with Gasteiger partial charge in [-0.1, -0.05) is 42.5 Å². The Balaban J connectivity index is 1.68. The molecule has 3 rings (SSSR count). The first-order chi connectivity index (χ1) is 16.9. The molecule has 0 aliphatic heterocycles. The molecule has 0 saturated heterocycles. The van der Waals surface area contributed by atoms with Gasteiger partial charge in [-0.15, -0.1) is 28.1 Å². The van der Waals surface area contributed by atoms with Crippen molar-refractivity contribution in [1.29, 1.82) is 0 Å². The minimum atomic E-state index is -0.440. The number of nitrogens with zero attached hydrogens (tertiary/aromatic N) is 3. The molecule has 1 N–H and O–H groups in total. The van der Waals surface area contributed by atoms with Crippen LogP contribution in [0.15, 0.2) is 48.1 Å². The highest BCUT2D eigenvalue weighted by Crippen LogP contribution is 2.30. The average molecular weight is 515 g/mol. The van der Waals surface area contributed by atoms with E-state index in [1.54, 1.807) is 19.1 Å². The van der Waals surface area contributed by atoms with Crippen LogP contribution in [0.3, 0.4) is 0 Å². The first kappa shape index (κ1) is 26.5. The summed E-state index contributed by atoms with van der Waals surface area (Å²) in [4.78, 5) is 26.0. The molecule has 2 heterocycles. The van der Waals surface area contributed by atoms with Crippen molar-refractivity contribution in [3.05, 3.63) is 64.8 Å². The van der Waals surface area contributed by atoms with E-state index in [0.29, 0.717) is 28.1 Å². The summed E-state index contributed by atoms with van der Waals surface area (Å²) in [6.07, 6.45) is 2.16. The Morgan fingerprint density at radius 1 is 1.26 bits per heavy atom. The van der Waals surface area contributed by atoms with Crippen molar-refractivity contribution in [1.82, 2.24) is 14.8 Å². The maximum absolute atomic E-state index is 12.7. The average Bonchev–Trinajstić information content (AvgIpc) is 3.43. The number of rotatable bonds is 12. The van der Waals surface area contributed by atoms with E-state index < -0.39 is 5.97 Å². The molecule has 0 fully saturated rings. The maximum atomic E-state index is 12.7. The lowest BCUT2D eigenvalue weighted by Gasteiger charge is -2.16. The van der Waals surface area contributed by atoms with Crippen LogP contribution < -0.4 is 10.1 Å². The molecule has 1 unspecified atom stereocenters. The van der Waals surface area contributed by atoms with Crippen molar-refractivity contribution in [2.75, 3.05) is 17.7 Å². The molecule has 10 heteroatoms. The highest BCUT2D eigenvalue weighted by Gasteiger charge is 2.22. The second-order valence-electron chi connectivity index (χ2n) is 7.68. The third kappa shape index (κ3) is 6.95. The van der Waals surface area contributed by atoms with Crippen LogP contribution in [0, 0.1) is 6.92 Å². The predicted octanol–water partition coefficient (Wildman–Crippen LogP) is 5.44. The summed E-state index contributed by atoms with van der Waals surface area (Å²) in [6, 6.07) is 9.58. The Kier molecular flexibility index (Phi) is 9.50. The summed E-state index contributed by atoms with van der Waals surface area (Å²) in [5.74, 6) is 0.797. The van der Waals surface area contributed by atoms with Gasteiger partial charge >= 0.3 is 5.97 Å². The van der Waals surface area contributed by atoms with Crippen molar-refractivity contribution < 1.29 is 19.1 Å². The zero-order chi connectivity index (χ0) is 25.4. The Morgan fingerprint density at radius 2 is 2.00 bits per heavy atom. The van der Waals surface area contributed by atoms with Gasteiger partial charge in [0.25, 0.3) is 0 Å². The topological polar surface area (TPSA) is 95.3 Å². The van der Waals surface area contributed by atoms with Crippen LogP contribution in [0.1, 0.15) is 53.5 Å². The van der Waals surface area contributed by atoms with E-state index in [-0.39, 0.29) is 24.4 Å². The molecule has 0 saturated carbocycles. The fourth-order valence-electron chi connectivity index (χ4n) is 3.24. The van der Waals surface area contributed by atoms with Crippen LogP contribution in [0.5, 0.6) is 5.75 Å². The van der Waals surface area contributed by atoms with Crippen LogP contribution in [0.25, 0.3) is 0 Å². The van der Waals surface area contributed by atoms with E-state index in [9.17, 15) is 9.59 Å². The minimum Gasteiger partial charge on any atom is -0.483 e. The number of hydrogen-bond acceptors (Lipinski definition) is 8. The predicted molar refractivity (Wildman–Crippen MR) is 139 cm³/mol. The van der Waals surface area contributed by atoms with Crippen molar-refractivity contribution in [3.63, 3.8) is 0 Å². The maximum Gasteiger partial charge on any atom is 0.341 e. The number of carbonyl (C=O) groups is 2. The lowest BCUT2D eigenvalue weighted by molar-refractivity contribution is -0.113. The quantitative estimate of drug-likeness (QED) is 0.195. The number of aromatic nitrogens is 3. The number of nitrogens with one attached hydrogen (secondary N) is 1. The van der Waals surface area contributed by atoms with Gasteiger partial charge in [0.05, 0.1) is 17.9 Å². The second kappa shape index (κ2) is 12.6. The van der Waals surface area contributed by atoms with Crippen LogP contribution in [-0.2, 0) is 22.5 Å². The summed E-state index contributed by atoms with van der Waals surface area (Å²) < 4.78 is 13.0. The number of aryl methyl sites for hydroxylation is 2. The van der Waals surface area contributed by atoms with E-state index in [4.69, 9.17) is 9.47 Å². The van der Waals surface area contributed by atoms with Gasteiger partial charge in [-0.25, -0.2) is 4.79 Å². The smallest absolute Gasteiger partial charge is 0.341 e. The Morgan fingerprint density at radius 3 is 2.66 bits per heavy atom. The molecule has 1 amide bonds. The number of carbonyl (C=O) groups excluding carboxylic acids is 2. The Bertz CT molecular complexity index is 1170. The first-order valence-electron chi connectivity index (χ1n) is 11.4. The molecular weight excluding hydrogens is 484 g/mol. The minimum absolute atomic E-state index is 0.101. The van der Waals surface area contributed by atoms with E-state index in [0.717, 1.165) is 22.6 Å². The summed E-state index contributed by atoms with van der Waals surface area (Å²) in [5, 5.41) is 12.5. The number of ether oxygens (including phenoxy) is 2. The monoisotopic (exact) mass is 514 g/mol. The summed E-state index contributed by atoms with van der Waals surface area (Å²) in [7, 11) is 0. The molecule has 0 aliphatic rings. The van der Waals surface area contributed by atoms with E-state index in [1.807, 2.05) is 49.6 Å². The van der Waals surface area contributed by atoms with Gasteiger partial charge in [-0.2, -0.15) is 0 Å². The summed E-state index contributed by atoms with van der Waals surface area (Å²) in [5.41, 5.74) is 1.53. The van der Waals surface area contributed by atoms with Crippen molar-refractivity contribution in [2.45, 2.75) is 51.9 Å². The Hall–Kier alpha value is -3.11. The lowest BCUT2D eigenvalue weighted by atomic mass is 10.2. The van der Waals surface area contributed by atoms with Gasteiger partial charge in [-0.3, -0.25) is 9.36 Å². The zero-order valence-corrected chi connectivity index (χ0v) is 22.0. The molecule has 0 spiro atoms. The van der Waals surface area contributed by atoms with Gasteiger partial charge in [0.2, 0.25) is 5.91 Å². The van der Waals surface area contributed by atoms with E-state index >= 15 is 0 Å².